The lowest BCUT2D eigenvalue weighted by atomic mass is 10.1. The van der Waals surface area contributed by atoms with Crippen molar-refractivity contribution in [2.45, 2.75) is 25.7 Å². The van der Waals surface area contributed by atoms with Crippen LogP contribution in [0.15, 0.2) is 18.2 Å². The Morgan fingerprint density at radius 3 is 2.74 bits per heavy atom. The molecule has 1 aromatic carbocycles. The standard InChI is InChI=1S/C17H19N5O/c1-10-15(12-4-5-12)20-21-16(10)19-17(23)13-6-11(9-18)7-14(8-13)22(2)3/h6-8,12H,4-5H2,1-3H3,(H2,19,20,21,23). The van der Waals surface area contributed by atoms with Crippen LogP contribution in [0.4, 0.5) is 11.5 Å². The number of aromatic nitrogens is 2. The molecule has 23 heavy (non-hydrogen) atoms. The number of hydrogen-bond acceptors (Lipinski definition) is 4. The summed E-state index contributed by atoms with van der Waals surface area (Å²) in [7, 11) is 3.75. The van der Waals surface area contributed by atoms with Crippen LogP contribution in [0.3, 0.4) is 0 Å². The van der Waals surface area contributed by atoms with E-state index >= 15 is 0 Å². The lowest BCUT2D eigenvalue weighted by Gasteiger charge is -2.14. The molecule has 0 unspecified atom stereocenters. The molecule has 0 aliphatic heterocycles. The molecule has 1 saturated carbocycles. The van der Waals surface area contributed by atoms with Crippen LogP contribution in [-0.4, -0.2) is 30.2 Å². The molecule has 6 heteroatoms. The van der Waals surface area contributed by atoms with E-state index in [2.05, 4.69) is 21.6 Å². The first-order valence-corrected chi connectivity index (χ1v) is 7.58. The van der Waals surface area contributed by atoms with Gasteiger partial charge in [0.05, 0.1) is 11.6 Å². The lowest BCUT2D eigenvalue weighted by Crippen LogP contribution is -2.15. The molecule has 1 fully saturated rings. The Morgan fingerprint density at radius 1 is 1.39 bits per heavy atom. The second-order valence-corrected chi connectivity index (χ2v) is 6.11. The number of nitrogens with one attached hydrogen (secondary N) is 2. The molecule has 0 radical (unpaired) electrons. The summed E-state index contributed by atoms with van der Waals surface area (Å²) in [5.74, 6) is 0.850. The summed E-state index contributed by atoms with van der Waals surface area (Å²) < 4.78 is 0. The summed E-state index contributed by atoms with van der Waals surface area (Å²) in [6, 6.07) is 7.20. The van der Waals surface area contributed by atoms with Gasteiger partial charge in [-0.25, -0.2) is 0 Å². The van der Waals surface area contributed by atoms with Crippen molar-refractivity contribution in [2.75, 3.05) is 24.3 Å². The number of benzene rings is 1. The summed E-state index contributed by atoms with van der Waals surface area (Å²) >= 11 is 0. The maximum atomic E-state index is 12.5. The van der Waals surface area contributed by atoms with E-state index in [-0.39, 0.29) is 5.91 Å². The van der Waals surface area contributed by atoms with Crippen LogP contribution in [0.5, 0.6) is 0 Å². The van der Waals surface area contributed by atoms with Crippen LogP contribution < -0.4 is 10.2 Å². The Hall–Kier alpha value is -2.81. The molecule has 1 amide bonds. The number of anilines is 2. The zero-order chi connectivity index (χ0) is 16.6. The van der Waals surface area contributed by atoms with Gasteiger partial charge in [0, 0.05) is 42.5 Å². The van der Waals surface area contributed by atoms with Gasteiger partial charge in [-0.05, 0) is 38.0 Å². The summed E-state index contributed by atoms with van der Waals surface area (Å²) in [4.78, 5) is 14.4. The van der Waals surface area contributed by atoms with Crippen molar-refractivity contribution in [1.82, 2.24) is 10.2 Å². The van der Waals surface area contributed by atoms with Crippen molar-refractivity contribution in [1.29, 1.82) is 5.26 Å². The molecule has 1 heterocycles. The number of amides is 1. The SMILES string of the molecule is Cc1c(NC(=O)c2cc(C#N)cc(N(C)C)c2)n[nH]c1C1CC1. The Labute approximate surface area is 135 Å². The van der Waals surface area contributed by atoms with E-state index in [1.165, 1.54) is 12.8 Å². The summed E-state index contributed by atoms with van der Waals surface area (Å²) in [5, 5.41) is 19.2. The van der Waals surface area contributed by atoms with Crippen LogP contribution in [-0.2, 0) is 0 Å². The van der Waals surface area contributed by atoms with Gasteiger partial charge in [0.15, 0.2) is 5.82 Å². The quantitative estimate of drug-likeness (QED) is 0.909. The average molecular weight is 309 g/mol. The van der Waals surface area contributed by atoms with Gasteiger partial charge in [0.1, 0.15) is 0 Å². The Balaban J connectivity index is 1.86. The fourth-order valence-electron chi connectivity index (χ4n) is 2.55. The number of rotatable bonds is 4. The summed E-state index contributed by atoms with van der Waals surface area (Å²) in [6.07, 6.45) is 2.35. The first-order chi connectivity index (χ1) is 11.0. The zero-order valence-corrected chi connectivity index (χ0v) is 13.5. The molecular formula is C17H19N5O. The minimum Gasteiger partial charge on any atom is -0.378 e. The average Bonchev–Trinajstić information content (AvgIpc) is 3.32. The number of carbonyl (C=O) groups excluding carboxylic acids is 1. The smallest absolute Gasteiger partial charge is 0.256 e. The molecular weight excluding hydrogens is 290 g/mol. The van der Waals surface area contributed by atoms with Gasteiger partial charge in [0.25, 0.3) is 5.91 Å². The third-order valence-electron chi connectivity index (χ3n) is 4.09. The maximum absolute atomic E-state index is 12.5. The molecule has 2 N–H and O–H groups in total. The lowest BCUT2D eigenvalue weighted by molar-refractivity contribution is 0.102. The van der Waals surface area contributed by atoms with Gasteiger partial charge in [-0.2, -0.15) is 10.4 Å². The predicted molar refractivity (Wildman–Crippen MR) is 88.7 cm³/mol. The molecule has 118 valence electrons. The third kappa shape index (κ3) is 3.04. The van der Waals surface area contributed by atoms with E-state index in [4.69, 9.17) is 5.26 Å². The molecule has 0 saturated heterocycles. The van der Waals surface area contributed by atoms with E-state index < -0.39 is 0 Å². The first kappa shape index (κ1) is 15.1. The molecule has 2 aromatic rings. The van der Waals surface area contributed by atoms with E-state index in [1.807, 2.05) is 25.9 Å². The first-order valence-electron chi connectivity index (χ1n) is 7.58. The number of carbonyl (C=O) groups is 1. The Bertz CT molecular complexity index is 796. The summed E-state index contributed by atoms with van der Waals surface area (Å²) in [6.45, 7) is 1.96. The fraction of sp³-hybridized carbons (Fsp3) is 0.353. The molecule has 1 aliphatic carbocycles. The Morgan fingerprint density at radius 2 is 2.13 bits per heavy atom. The van der Waals surface area contributed by atoms with Gasteiger partial charge in [-0.15, -0.1) is 0 Å². The maximum Gasteiger partial charge on any atom is 0.256 e. The van der Waals surface area contributed by atoms with E-state index in [9.17, 15) is 4.79 Å². The van der Waals surface area contributed by atoms with E-state index in [0.717, 1.165) is 16.9 Å². The fourth-order valence-corrected chi connectivity index (χ4v) is 2.55. The number of H-pyrrole nitrogens is 1. The van der Waals surface area contributed by atoms with Gasteiger partial charge in [0.2, 0.25) is 0 Å². The van der Waals surface area contributed by atoms with Gasteiger partial charge < -0.3 is 10.2 Å². The topological polar surface area (TPSA) is 84.8 Å². The zero-order valence-electron chi connectivity index (χ0n) is 13.5. The van der Waals surface area contributed by atoms with Crippen molar-refractivity contribution in [3.63, 3.8) is 0 Å². The second-order valence-electron chi connectivity index (χ2n) is 6.11. The third-order valence-corrected chi connectivity index (χ3v) is 4.09. The van der Waals surface area contributed by atoms with Gasteiger partial charge in [-0.1, -0.05) is 0 Å². The molecule has 3 rings (SSSR count). The molecule has 6 nitrogen and oxygen atoms in total. The van der Waals surface area contributed by atoms with Gasteiger partial charge >= 0.3 is 0 Å². The van der Waals surface area contributed by atoms with Gasteiger partial charge in [-0.3, -0.25) is 9.89 Å². The number of aromatic amines is 1. The second kappa shape index (κ2) is 5.76. The molecule has 0 bridgehead atoms. The number of hydrogen-bond donors (Lipinski definition) is 2. The molecule has 1 aromatic heterocycles. The van der Waals surface area contributed by atoms with E-state index in [0.29, 0.717) is 22.9 Å². The van der Waals surface area contributed by atoms with Crippen LogP contribution in [0.2, 0.25) is 0 Å². The normalized spacial score (nSPS) is 13.5. The van der Waals surface area contributed by atoms with Crippen molar-refractivity contribution >= 4 is 17.4 Å². The highest BCUT2D eigenvalue weighted by Gasteiger charge is 2.28. The summed E-state index contributed by atoms with van der Waals surface area (Å²) in [5.41, 5.74) is 3.82. The highest BCUT2D eigenvalue weighted by atomic mass is 16.1. The van der Waals surface area contributed by atoms with Crippen molar-refractivity contribution in [3.05, 3.63) is 40.6 Å². The highest BCUT2D eigenvalue weighted by Crippen LogP contribution is 2.41. The van der Waals surface area contributed by atoms with Crippen molar-refractivity contribution in [2.24, 2.45) is 0 Å². The van der Waals surface area contributed by atoms with Crippen LogP contribution in [0, 0.1) is 18.3 Å². The highest BCUT2D eigenvalue weighted by molar-refractivity contribution is 6.05. The Kier molecular flexibility index (Phi) is 3.78. The number of nitrogens with zero attached hydrogens (tertiary/aromatic N) is 3. The predicted octanol–water partition coefficient (Wildman–Crippen LogP) is 2.79. The molecule has 1 aliphatic rings. The van der Waals surface area contributed by atoms with Crippen LogP contribution in [0.1, 0.15) is 45.9 Å². The van der Waals surface area contributed by atoms with Crippen molar-refractivity contribution in [3.8, 4) is 6.07 Å². The largest absolute Gasteiger partial charge is 0.378 e. The van der Waals surface area contributed by atoms with Crippen LogP contribution in [0.25, 0.3) is 0 Å². The molecule has 0 atom stereocenters. The molecule has 0 spiro atoms. The van der Waals surface area contributed by atoms with Crippen LogP contribution >= 0.6 is 0 Å². The number of nitriles is 1. The minimum atomic E-state index is -0.262. The minimum absolute atomic E-state index is 0.262. The van der Waals surface area contributed by atoms with Crippen molar-refractivity contribution < 1.29 is 4.79 Å². The van der Waals surface area contributed by atoms with E-state index in [1.54, 1.807) is 18.2 Å². The monoisotopic (exact) mass is 309 g/mol.